The smallest absolute Gasteiger partial charge is 0.296 e. The van der Waals surface area contributed by atoms with Crippen molar-refractivity contribution in [3.63, 3.8) is 0 Å². The molecule has 0 aliphatic carbocycles. The van der Waals surface area contributed by atoms with Gasteiger partial charge in [0, 0.05) is 17.9 Å². The lowest BCUT2D eigenvalue weighted by molar-refractivity contribution is 0.256. The molecule has 0 bridgehead atoms. The van der Waals surface area contributed by atoms with Crippen LogP contribution >= 0.6 is 0 Å². The quantitative estimate of drug-likeness (QED) is 0.362. The van der Waals surface area contributed by atoms with Gasteiger partial charge in [-0.25, -0.2) is 0 Å². The molecule has 0 N–H and O–H groups in total. The molecule has 0 unspecified atom stereocenters. The lowest BCUT2D eigenvalue weighted by Gasteiger charge is -2.03. The fourth-order valence-electron chi connectivity index (χ4n) is 0.992. The molecule has 0 spiro atoms. The number of aliphatic imine (C=N–C) groups is 1. The Labute approximate surface area is 88.7 Å². The first-order valence-electron chi connectivity index (χ1n) is 5.20. The Hall–Kier alpha value is -0.565. The van der Waals surface area contributed by atoms with Crippen molar-refractivity contribution in [3.05, 3.63) is 12.2 Å². The number of hydrogen-bond acceptors (Lipinski definition) is 2. The second-order valence-corrected chi connectivity index (χ2v) is 3.85. The van der Waals surface area contributed by atoms with Crippen LogP contribution < -0.4 is 0 Å². The van der Waals surface area contributed by atoms with Crippen LogP contribution in [0.25, 0.3) is 0 Å². The third kappa shape index (κ3) is 9.52. The van der Waals surface area contributed by atoms with Crippen LogP contribution in [0, 0.1) is 0 Å². The molecule has 0 aromatic heterocycles. The third-order valence-electron chi connectivity index (χ3n) is 1.42. The van der Waals surface area contributed by atoms with E-state index in [-0.39, 0.29) is 6.10 Å². The van der Waals surface area contributed by atoms with Gasteiger partial charge in [-0.05, 0) is 47.0 Å². The van der Waals surface area contributed by atoms with Crippen molar-refractivity contribution in [2.24, 2.45) is 4.99 Å². The van der Waals surface area contributed by atoms with Crippen LogP contribution in [0.5, 0.6) is 0 Å². The van der Waals surface area contributed by atoms with E-state index in [1.807, 2.05) is 34.3 Å². The zero-order chi connectivity index (χ0) is 11.0. The molecule has 0 saturated carbocycles. The van der Waals surface area contributed by atoms with Gasteiger partial charge in [-0.1, -0.05) is 6.08 Å². The van der Waals surface area contributed by atoms with E-state index in [0.29, 0.717) is 6.04 Å². The molecule has 0 saturated heterocycles. The fraction of sp³-hybridized carbons (Fsp3) is 0.727. The first-order valence-corrected chi connectivity index (χ1v) is 5.20. The summed E-state index contributed by atoms with van der Waals surface area (Å²) >= 11 is 0. The molecular formula is C11H21BNO. The van der Waals surface area contributed by atoms with Crippen molar-refractivity contribution in [3.8, 4) is 0 Å². The highest BCUT2D eigenvalue weighted by Crippen LogP contribution is 1.93. The van der Waals surface area contributed by atoms with Gasteiger partial charge in [0.05, 0.1) is 0 Å². The Bertz CT molecular complexity index is 197. The summed E-state index contributed by atoms with van der Waals surface area (Å²) in [5.74, 6) is 0. The van der Waals surface area contributed by atoms with E-state index in [1.54, 1.807) is 0 Å². The van der Waals surface area contributed by atoms with Crippen LogP contribution in [0.15, 0.2) is 17.1 Å². The summed E-state index contributed by atoms with van der Waals surface area (Å²) in [5.41, 5.74) is 1.07. The lowest BCUT2D eigenvalue weighted by atomic mass is 9.94. The van der Waals surface area contributed by atoms with Gasteiger partial charge < -0.3 is 4.65 Å². The normalized spacial score (nSPS) is 13.2. The van der Waals surface area contributed by atoms with Gasteiger partial charge in [0.2, 0.25) is 0 Å². The Balaban J connectivity index is 3.62. The summed E-state index contributed by atoms with van der Waals surface area (Å²) in [6, 6.07) is 0.371. The van der Waals surface area contributed by atoms with Gasteiger partial charge in [0.1, 0.15) is 0 Å². The molecule has 2 nitrogen and oxygen atoms in total. The predicted octanol–water partition coefficient (Wildman–Crippen LogP) is 2.87. The minimum Gasteiger partial charge on any atom is -0.438 e. The first-order chi connectivity index (χ1) is 6.52. The molecular weight excluding hydrogens is 173 g/mol. The van der Waals surface area contributed by atoms with Gasteiger partial charge in [-0.15, -0.1) is 0 Å². The summed E-state index contributed by atoms with van der Waals surface area (Å²) < 4.78 is 5.29. The minimum atomic E-state index is 0.272. The summed E-state index contributed by atoms with van der Waals surface area (Å²) in [4.78, 5) is 4.39. The fourth-order valence-corrected chi connectivity index (χ4v) is 0.992. The second kappa shape index (κ2) is 7.80. The topological polar surface area (TPSA) is 21.6 Å². The Morgan fingerprint density at radius 3 is 2.50 bits per heavy atom. The maximum Gasteiger partial charge on any atom is 0.296 e. The van der Waals surface area contributed by atoms with Crippen LogP contribution in [-0.2, 0) is 4.65 Å². The lowest BCUT2D eigenvalue weighted by Crippen LogP contribution is -2.05. The monoisotopic (exact) mass is 194 g/mol. The summed E-state index contributed by atoms with van der Waals surface area (Å²) in [6.07, 6.45) is 5.20. The van der Waals surface area contributed by atoms with Gasteiger partial charge >= 0.3 is 0 Å². The highest BCUT2D eigenvalue weighted by molar-refractivity contribution is 6.28. The van der Waals surface area contributed by atoms with Crippen LogP contribution in [0.3, 0.4) is 0 Å². The van der Waals surface area contributed by atoms with Gasteiger partial charge in [0.15, 0.2) is 0 Å². The summed E-state index contributed by atoms with van der Waals surface area (Å²) in [7, 11) is 1.82. The summed E-state index contributed by atoms with van der Waals surface area (Å²) in [5, 5.41) is 0. The van der Waals surface area contributed by atoms with E-state index in [2.05, 4.69) is 24.9 Å². The molecule has 0 aliphatic rings. The number of rotatable bonds is 6. The van der Waals surface area contributed by atoms with E-state index in [1.165, 1.54) is 0 Å². The zero-order valence-corrected chi connectivity index (χ0v) is 9.95. The highest BCUT2D eigenvalue weighted by atomic mass is 16.4. The van der Waals surface area contributed by atoms with Crippen molar-refractivity contribution < 1.29 is 4.65 Å². The average Bonchev–Trinajstić information content (AvgIpc) is 2.01. The highest BCUT2D eigenvalue weighted by Gasteiger charge is 1.93. The number of allylic oxidation sites excluding steroid dienone is 2. The van der Waals surface area contributed by atoms with Crippen LogP contribution in [0.2, 0.25) is 6.32 Å². The molecule has 0 aliphatic heterocycles. The van der Waals surface area contributed by atoms with Crippen LogP contribution in [0.1, 0.15) is 34.6 Å². The van der Waals surface area contributed by atoms with E-state index in [4.69, 9.17) is 4.65 Å². The van der Waals surface area contributed by atoms with Crippen LogP contribution in [0.4, 0.5) is 0 Å². The molecule has 0 aromatic carbocycles. The SMILES string of the molecule is CC(/C=C\C[B]OC(C)C)=NC(C)C. The zero-order valence-electron chi connectivity index (χ0n) is 9.95. The van der Waals surface area contributed by atoms with E-state index in [0.717, 1.165) is 12.0 Å². The molecule has 0 atom stereocenters. The first kappa shape index (κ1) is 13.4. The Morgan fingerprint density at radius 2 is 2.00 bits per heavy atom. The number of hydrogen-bond donors (Lipinski definition) is 0. The second-order valence-electron chi connectivity index (χ2n) is 3.85. The molecule has 0 rings (SSSR count). The predicted molar refractivity (Wildman–Crippen MR) is 64.2 cm³/mol. The van der Waals surface area contributed by atoms with Crippen molar-refractivity contribution >= 4 is 13.2 Å². The van der Waals surface area contributed by atoms with Gasteiger partial charge in [-0.3, -0.25) is 4.99 Å². The van der Waals surface area contributed by atoms with Gasteiger partial charge in [-0.2, -0.15) is 0 Å². The van der Waals surface area contributed by atoms with Crippen LogP contribution in [-0.4, -0.2) is 25.3 Å². The Kier molecular flexibility index (Phi) is 7.49. The van der Waals surface area contributed by atoms with E-state index >= 15 is 0 Å². The van der Waals surface area contributed by atoms with E-state index < -0.39 is 0 Å². The third-order valence-corrected chi connectivity index (χ3v) is 1.42. The maximum atomic E-state index is 5.29. The van der Waals surface area contributed by atoms with Crippen molar-refractivity contribution in [1.82, 2.24) is 0 Å². The van der Waals surface area contributed by atoms with Crippen molar-refractivity contribution in [2.75, 3.05) is 0 Å². The van der Waals surface area contributed by atoms with Gasteiger partial charge in [0.25, 0.3) is 7.48 Å². The number of nitrogens with zero attached hydrogens (tertiary/aromatic N) is 1. The van der Waals surface area contributed by atoms with Crippen molar-refractivity contribution in [1.29, 1.82) is 0 Å². The average molecular weight is 194 g/mol. The largest absolute Gasteiger partial charge is 0.438 e. The molecule has 3 heteroatoms. The molecule has 0 fully saturated rings. The maximum absolute atomic E-state index is 5.29. The molecule has 0 heterocycles. The molecule has 79 valence electrons. The molecule has 1 radical (unpaired) electrons. The van der Waals surface area contributed by atoms with Crippen molar-refractivity contribution in [2.45, 2.75) is 53.1 Å². The summed E-state index contributed by atoms with van der Waals surface area (Å²) in [6.45, 7) is 10.2. The molecule has 0 aromatic rings. The standard InChI is InChI=1S/C11H21BNO/c1-9(2)13-11(5)7-6-8-12-14-10(3)4/h6-7,9-10H,8H2,1-5H3/b7-6-,13-11?. The molecule has 14 heavy (non-hydrogen) atoms. The molecule has 0 amide bonds. The Morgan fingerprint density at radius 1 is 1.36 bits per heavy atom. The minimum absolute atomic E-state index is 0.272. The van der Waals surface area contributed by atoms with E-state index in [9.17, 15) is 0 Å².